The van der Waals surface area contributed by atoms with Crippen molar-refractivity contribution < 1.29 is 31.4 Å². The first-order chi connectivity index (χ1) is 13.1. The van der Waals surface area contributed by atoms with Crippen LogP contribution in [-0.2, 0) is 23.2 Å². The van der Waals surface area contributed by atoms with E-state index < -0.39 is 40.1 Å². The third-order valence-electron chi connectivity index (χ3n) is 3.89. The molecule has 8 heteroatoms. The summed E-state index contributed by atoms with van der Waals surface area (Å²) >= 11 is 0. The molecule has 0 aromatic heterocycles. The fraction of sp³-hybridized carbons (Fsp3) is 0.100. The van der Waals surface area contributed by atoms with Crippen LogP contribution in [0.4, 0.5) is 26.3 Å². The molecule has 1 nitrogen and oxygen atoms in total. The topological polar surface area (TPSA) is 20.2 Å². The van der Waals surface area contributed by atoms with Gasteiger partial charge in [-0.25, -0.2) is 0 Å². The van der Waals surface area contributed by atoms with Crippen molar-refractivity contribution >= 4 is 10.9 Å². The van der Waals surface area contributed by atoms with Gasteiger partial charge in [0.25, 0.3) is 0 Å². The summed E-state index contributed by atoms with van der Waals surface area (Å²) in [5.41, 5.74) is -3.41. The van der Waals surface area contributed by atoms with Gasteiger partial charge in [0.15, 0.2) is 14.7 Å². The van der Waals surface area contributed by atoms with E-state index in [0.717, 1.165) is 0 Å². The number of benzene rings is 3. The molecular weight excluding hydrogens is 402 g/mol. The van der Waals surface area contributed by atoms with Crippen LogP contribution < -0.4 is 0 Å². The van der Waals surface area contributed by atoms with Crippen molar-refractivity contribution in [2.75, 3.05) is 0 Å². The van der Waals surface area contributed by atoms with E-state index in [0.29, 0.717) is 21.9 Å². The zero-order valence-corrected chi connectivity index (χ0v) is 14.9. The van der Waals surface area contributed by atoms with Gasteiger partial charge >= 0.3 is 12.4 Å². The first kappa shape index (κ1) is 20.1. The van der Waals surface area contributed by atoms with Gasteiger partial charge in [0.1, 0.15) is 16.9 Å². The standard InChI is InChI=1S/C20H12F6OS/c21-19(22,23)16-11-15(12-17(18(16)27)20(24,25)26)28(13-7-3-1-4-8-13)14-9-5-2-6-10-14/h1-12H/p+1. The molecule has 0 saturated carbocycles. The van der Waals surface area contributed by atoms with Gasteiger partial charge in [-0.1, -0.05) is 36.4 Å². The number of rotatable bonds is 3. The van der Waals surface area contributed by atoms with E-state index in [-0.39, 0.29) is 4.90 Å². The molecule has 0 aliphatic heterocycles. The molecule has 0 fully saturated rings. The van der Waals surface area contributed by atoms with Crippen LogP contribution >= 0.6 is 0 Å². The molecule has 0 spiro atoms. The minimum Gasteiger partial charge on any atom is -0.507 e. The minimum absolute atomic E-state index is 0.185. The Labute approximate surface area is 159 Å². The first-order valence-electron chi connectivity index (χ1n) is 7.95. The minimum atomic E-state index is -5.14. The molecule has 0 aliphatic rings. The number of alkyl halides is 6. The molecule has 0 atom stereocenters. The zero-order chi connectivity index (χ0) is 20.5. The van der Waals surface area contributed by atoms with Gasteiger partial charge in [-0.3, -0.25) is 0 Å². The molecular formula is C20H13F6OS+. The van der Waals surface area contributed by atoms with Gasteiger partial charge in [-0.05, 0) is 24.3 Å². The van der Waals surface area contributed by atoms with E-state index in [1.165, 1.54) is 0 Å². The van der Waals surface area contributed by atoms with Crippen molar-refractivity contribution in [3.8, 4) is 5.75 Å². The predicted octanol–water partition coefficient (Wildman–Crippen LogP) is 6.53. The number of hydrogen-bond acceptors (Lipinski definition) is 1. The van der Waals surface area contributed by atoms with Gasteiger partial charge in [-0.15, -0.1) is 0 Å². The Morgan fingerprint density at radius 1 is 0.571 bits per heavy atom. The van der Waals surface area contributed by atoms with Crippen molar-refractivity contribution in [3.05, 3.63) is 83.9 Å². The lowest BCUT2D eigenvalue weighted by molar-refractivity contribution is -0.145. The van der Waals surface area contributed by atoms with E-state index in [1.807, 2.05) is 0 Å². The molecule has 28 heavy (non-hydrogen) atoms. The summed E-state index contributed by atoms with van der Waals surface area (Å²) in [5.74, 6) is -1.81. The van der Waals surface area contributed by atoms with E-state index in [9.17, 15) is 31.4 Å². The zero-order valence-electron chi connectivity index (χ0n) is 14.1. The van der Waals surface area contributed by atoms with Crippen molar-refractivity contribution in [2.24, 2.45) is 0 Å². The average molecular weight is 415 g/mol. The highest BCUT2D eigenvalue weighted by Gasteiger charge is 2.44. The van der Waals surface area contributed by atoms with Crippen LogP contribution in [0.2, 0.25) is 0 Å². The van der Waals surface area contributed by atoms with Crippen LogP contribution in [0, 0.1) is 0 Å². The van der Waals surface area contributed by atoms with Gasteiger partial charge in [0, 0.05) is 12.1 Å². The Bertz CT molecular complexity index is 877. The molecule has 146 valence electrons. The molecule has 0 aliphatic carbocycles. The Morgan fingerprint density at radius 2 is 0.929 bits per heavy atom. The summed E-state index contributed by atoms with van der Waals surface area (Å²) in [5, 5.41) is 9.67. The largest absolute Gasteiger partial charge is 0.507 e. The second kappa shape index (κ2) is 7.43. The maximum atomic E-state index is 13.3. The van der Waals surface area contributed by atoms with Gasteiger partial charge in [-0.2, -0.15) is 26.3 Å². The normalized spacial score (nSPS) is 12.4. The SMILES string of the molecule is Oc1c(C(F)(F)F)cc([S+](c2ccccc2)c2ccccc2)cc1C(F)(F)F. The summed E-state index contributed by atoms with van der Waals surface area (Å²) in [6, 6.07) is 17.8. The monoisotopic (exact) mass is 415 g/mol. The lowest BCUT2D eigenvalue weighted by Gasteiger charge is -2.17. The molecule has 1 N–H and O–H groups in total. The highest BCUT2D eigenvalue weighted by Crippen LogP contribution is 2.46. The molecule has 0 saturated heterocycles. The summed E-state index contributed by atoms with van der Waals surface area (Å²) in [7, 11) is -1.22. The van der Waals surface area contributed by atoms with Gasteiger partial charge in [0.05, 0.1) is 10.9 Å². The van der Waals surface area contributed by atoms with Crippen molar-refractivity contribution in [2.45, 2.75) is 27.0 Å². The fourth-order valence-electron chi connectivity index (χ4n) is 2.68. The van der Waals surface area contributed by atoms with Crippen LogP contribution in [0.1, 0.15) is 11.1 Å². The van der Waals surface area contributed by atoms with Gasteiger partial charge in [0.2, 0.25) is 0 Å². The molecule has 0 unspecified atom stereocenters. The third kappa shape index (κ3) is 4.11. The van der Waals surface area contributed by atoms with Crippen molar-refractivity contribution in [1.82, 2.24) is 0 Å². The Kier molecular flexibility index (Phi) is 5.34. The number of phenols is 1. The van der Waals surface area contributed by atoms with Crippen LogP contribution in [0.25, 0.3) is 0 Å². The summed E-state index contributed by atoms with van der Waals surface area (Å²) in [6.07, 6.45) is -10.3. The molecule has 3 aromatic carbocycles. The first-order valence-corrected chi connectivity index (χ1v) is 9.17. The fourth-order valence-corrected chi connectivity index (χ4v) is 4.83. The van der Waals surface area contributed by atoms with E-state index in [1.54, 1.807) is 60.7 Å². The molecule has 0 amide bonds. The molecule has 0 radical (unpaired) electrons. The molecule has 0 bridgehead atoms. The number of phenolic OH excluding ortho intramolecular Hbond substituents is 1. The Hall–Kier alpha value is -2.61. The van der Waals surface area contributed by atoms with E-state index in [2.05, 4.69) is 0 Å². The van der Waals surface area contributed by atoms with E-state index in [4.69, 9.17) is 0 Å². The van der Waals surface area contributed by atoms with Gasteiger partial charge < -0.3 is 5.11 Å². The smallest absolute Gasteiger partial charge is 0.420 e. The Morgan fingerprint density at radius 3 is 1.25 bits per heavy atom. The summed E-state index contributed by atoms with van der Waals surface area (Å²) in [4.78, 5) is 0.927. The van der Waals surface area contributed by atoms with Crippen molar-refractivity contribution in [3.63, 3.8) is 0 Å². The number of aromatic hydroxyl groups is 1. The second-order valence-corrected chi connectivity index (χ2v) is 7.82. The van der Waals surface area contributed by atoms with Crippen LogP contribution in [0.5, 0.6) is 5.75 Å². The van der Waals surface area contributed by atoms with Crippen LogP contribution in [0.15, 0.2) is 87.5 Å². The summed E-state index contributed by atoms with van der Waals surface area (Å²) < 4.78 is 80.0. The second-order valence-electron chi connectivity index (χ2n) is 5.79. The highest BCUT2D eigenvalue weighted by molar-refractivity contribution is 7.97. The lowest BCUT2D eigenvalue weighted by atomic mass is 10.1. The third-order valence-corrected chi connectivity index (χ3v) is 6.08. The highest BCUT2D eigenvalue weighted by atomic mass is 32.2. The molecule has 0 heterocycles. The van der Waals surface area contributed by atoms with Crippen LogP contribution in [-0.4, -0.2) is 5.11 Å². The van der Waals surface area contributed by atoms with E-state index >= 15 is 0 Å². The summed E-state index contributed by atoms with van der Waals surface area (Å²) in [6.45, 7) is 0. The maximum absolute atomic E-state index is 13.3. The van der Waals surface area contributed by atoms with Crippen molar-refractivity contribution in [1.29, 1.82) is 0 Å². The van der Waals surface area contributed by atoms with Crippen LogP contribution in [0.3, 0.4) is 0 Å². The molecule has 3 aromatic rings. The lowest BCUT2D eigenvalue weighted by Crippen LogP contribution is -2.15. The average Bonchev–Trinajstić information content (AvgIpc) is 2.63. The number of hydrogen-bond donors (Lipinski definition) is 1. The molecule has 3 rings (SSSR count). The maximum Gasteiger partial charge on any atom is 0.420 e. The Balaban J connectivity index is 2.32. The number of halogens is 6. The quantitative estimate of drug-likeness (QED) is 0.381. The predicted molar refractivity (Wildman–Crippen MR) is 93.2 cm³/mol.